The molecular weight excluding hydrogens is 342 g/mol. The number of aliphatic carboxylic acids is 1. The maximum absolute atomic E-state index is 13.3. The molecule has 2 saturated heterocycles. The van der Waals surface area contributed by atoms with Crippen molar-refractivity contribution in [3.8, 4) is 0 Å². The molecule has 1 aromatic carbocycles. The Bertz CT molecular complexity index is 876. The molecule has 6 heteroatoms. The van der Waals surface area contributed by atoms with Crippen LogP contribution < -0.4 is 0 Å². The van der Waals surface area contributed by atoms with Crippen LogP contribution in [-0.4, -0.2) is 43.7 Å². The summed E-state index contributed by atoms with van der Waals surface area (Å²) < 4.78 is 1.72. The molecule has 2 aliphatic heterocycles. The molecule has 0 aliphatic carbocycles. The normalized spacial score (nSPS) is 26.5. The van der Waals surface area contributed by atoms with E-state index in [4.69, 9.17) is 0 Å². The number of nitrogens with zero attached hydrogens (tertiary/aromatic N) is 3. The minimum absolute atomic E-state index is 0.0113. The number of amides is 1. The monoisotopic (exact) mass is 367 g/mol. The number of carbonyl (C=O) groups excluding carboxylic acids is 1. The first kappa shape index (κ1) is 17.8. The van der Waals surface area contributed by atoms with Gasteiger partial charge in [-0.1, -0.05) is 30.3 Å². The number of carbonyl (C=O) groups is 2. The minimum Gasteiger partial charge on any atom is -0.481 e. The predicted molar refractivity (Wildman–Crippen MR) is 100 cm³/mol. The Labute approximate surface area is 158 Å². The molecule has 4 rings (SSSR count). The maximum atomic E-state index is 13.3. The number of aromatic nitrogens is 2. The van der Waals surface area contributed by atoms with Crippen molar-refractivity contribution in [3.05, 3.63) is 53.3 Å². The van der Waals surface area contributed by atoms with Crippen molar-refractivity contribution < 1.29 is 14.7 Å². The van der Waals surface area contributed by atoms with Gasteiger partial charge in [-0.25, -0.2) is 0 Å². The molecule has 0 radical (unpaired) electrons. The number of rotatable bonds is 5. The summed E-state index contributed by atoms with van der Waals surface area (Å²) in [5.41, 5.74) is 1.47. The van der Waals surface area contributed by atoms with Crippen molar-refractivity contribution in [1.82, 2.24) is 14.7 Å². The van der Waals surface area contributed by atoms with Gasteiger partial charge >= 0.3 is 5.97 Å². The second-order valence-electron chi connectivity index (χ2n) is 7.77. The van der Waals surface area contributed by atoms with Gasteiger partial charge < -0.3 is 10.0 Å². The van der Waals surface area contributed by atoms with Crippen molar-refractivity contribution in [2.75, 3.05) is 0 Å². The van der Waals surface area contributed by atoms with Crippen LogP contribution >= 0.6 is 0 Å². The molecule has 1 N–H and O–H groups in total. The van der Waals surface area contributed by atoms with Gasteiger partial charge in [-0.05, 0) is 51.2 Å². The molecule has 2 bridgehead atoms. The average Bonchev–Trinajstić information content (AvgIpc) is 3.33. The SMILES string of the molecule is CCn1nc(C)cc1C(=O)N1[C@H]2CC[C@@H]1[C@](Cc1ccccc1)(C(=O)O)C2. The Morgan fingerprint density at radius 3 is 2.67 bits per heavy atom. The summed E-state index contributed by atoms with van der Waals surface area (Å²) in [5, 5.41) is 14.6. The highest BCUT2D eigenvalue weighted by molar-refractivity contribution is 5.94. The van der Waals surface area contributed by atoms with E-state index in [2.05, 4.69) is 5.10 Å². The second kappa shape index (κ2) is 6.51. The van der Waals surface area contributed by atoms with Crippen molar-refractivity contribution in [2.45, 2.75) is 58.2 Å². The second-order valence-corrected chi connectivity index (χ2v) is 7.77. The lowest BCUT2D eigenvalue weighted by atomic mass is 9.70. The molecule has 27 heavy (non-hydrogen) atoms. The fourth-order valence-corrected chi connectivity index (χ4v) is 5.04. The van der Waals surface area contributed by atoms with E-state index in [-0.39, 0.29) is 18.0 Å². The van der Waals surface area contributed by atoms with E-state index in [0.29, 0.717) is 25.1 Å². The Morgan fingerprint density at radius 1 is 1.26 bits per heavy atom. The summed E-state index contributed by atoms with van der Waals surface area (Å²) in [6, 6.07) is 11.3. The molecule has 142 valence electrons. The molecule has 2 aliphatic rings. The molecule has 0 saturated carbocycles. The van der Waals surface area contributed by atoms with Crippen LogP contribution in [0.5, 0.6) is 0 Å². The smallest absolute Gasteiger partial charge is 0.312 e. The Balaban J connectivity index is 1.68. The van der Waals surface area contributed by atoms with Gasteiger partial charge in [-0.3, -0.25) is 14.3 Å². The molecule has 1 aromatic heterocycles. The fraction of sp³-hybridized carbons (Fsp3) is 0.476. The summed E-state index contributed by atoms with van der Waals surface area (Å²) >= 11 is 0. The molecular formula is C21H25N3O3. The van der Waals surface area contributed by atoms with Crippen LogP contribution in [-0.2, 0) is 17.8 Å². The molecule has 2 aromatic rings. The topological polar surface area (TPSA) is 75.4 Å². The van der Waals surface area contributed by atoms with Gasteiger partial charge in [0.15, 0.2) is 0 Å². The largest absolute Gasteiger partial charge is 0.481 e. The summed E-state index contributed by atoms with van der Waals surface area (Å²) in [4.78, 5) is 27.6. The van der Waals surface area contributed by atoms with Crippen LogP contribution in [0.2, 0.25) is 0 Å². The van der Waals surface area contributed by atoms with Gasteiger partial charge in [0.2, 0.25) is 0 Å². The van der Waals surface area contributed by atoms with Crippen molar-refractivity contribution in [1.29, 1.82) is 0 Å². The zero-order chi connectivity index (χ0) is 19.2. The van der Waals surface area contributed by atoms with Crippen LogP contribution in [0.1, 0.15) is 47.9 Å². The molecule has 6 nitrogen and oxygen atoms in total. The predicted octanol–water partition coefficient (Wildman–Crippen LogP) is 2.90. The number of carboxylic acid groups (broad SMARTS) is 1. The van der Waals surface area contributed by atoms with E-state index in [9.17, 15) is 14.7 Å². The van der Waals surface area contributed by atoms with Crippen molar-refractivity contribution in [3.63, 3.8) is 0 Å². The average molecular weight is 367 g/mol. The third-order valence-corrected chi connectivity index (χ3v) is 6.18. The van der Waals surface area contributed by atoms with Gasteiger partial charge in [0.25, 0.3) is 5.91 Å². The van der Waals surface area contributed by atoms with Crippen molar-refractivity contribution in [2.24, 2.45) is 5.41 Å². The zero-order valence-electron chi connectivity index (χ0n) is 15.8. The zero-order valence-corrected chi connectivity index (χ0v) is 15.8. The first-order valence-corrected chi connectivity index (χ1v) is 9.60. The standard InChI is InChI=1S/C21H25N3O3/c1-3-23-17(11-14(2)22-23)19(25)24-16-9-10-18(24)21(13-16,20(26)27)12-15-7-5-4-6-8-15/h4-8,11,16,18H,3,9-10,12-13H2,1-2H3,(H,26,27)/t16-,18+,21+/m0/s1. The quantitative estimate of drug-likeness (QED) is 0.882. The van der Waals surface area contributed by atoms with E-state index < -0.39 is 11.4 Å². The summed E-state index contributed by atoms with van der Waals surface area (Å²) in [7, 11) is 0. The number of carboxylic acids is 1. The van der Waals surface area contributed by atoms with Gasteiger partial charge in [-0.15, -0.1) is 0 Å². The van der Waals surface area contributed by atoms with Crippen LogP contribution in [0.4, 0.5) is 0 Å². The lowest BCUT2D eigenvalue weighted by Gasteiger charge is -2.33. The number of fused-ring (bicyclic) bond motifs is 2. The molecule has 0 spiro atoms. The van der Waals surface area contributed by atoms with E-state index in [1.165, 1.54) is 0 Å². The molecule has 3 atom stereocenters. The van der Waals surface area contributed by atoms with Crippen molar-refractivity contribution >= 4 is 11.9 Å². The van der Waals surface area contributed by atoms with E-state index in [1.54, 1.807) is 4.68 Å². The van der Waals surface area contributed by atoms with Crippen LogP contribution in [0, 0.1) is 12.3 Å². The Hall–Kier alpha value is -2.63. The van der Waals surface area contributed by atoms with Gasteiger partial charge in [0, 0.05) is 18.6 Å². The summed E-state index contributed by atoms with van der Waals surface area (Å²) in [6.45, 7) is 4.45. The summed E-state index contributed by atoms with van der Waals surface area (Å²) in [6.07, 6.45) is 2.60. The number of hydrogen-bond donors (Lipinski definition) is 1. The minimum atomic E-state index is -0.911. The number of hydrogen-bond acceptors (Lipinski definition) is 3. The van der Waals surface area contributed by atoms with Gasteiger partial charge in [-0.2, -0.15) is 5.10 Å². The first-order chi connectivity index (χ1) is 13.0. The highest BCUT2D eigenvalue weighted by Gasteiger charge is 2.61. The lowest BCUT2D eigenvalue weighted by molar-refractivity contribution is -0.150. The van der Waals surface area contributed by atoms with E-state index in [1.807, 2.05) is 55.1 Å². The van der Waals surface area contributed by atoms with Crippen LogP contribution in [0.3, 0.4) is 0 Å². The third kappa shape index (κ3) is 2.74. The number of aryl methyl sites for hydroxylation is 2. The van der Waals surface area contributed by atoms with Gasteiger partial charge in [0.05, 0.1) is 11.1 Å². The summed E-state index contributed by atoms with van der Waals surface area (Å²) in [5.74, 6) is -0.877. The highest BCUT2D eigenvalue weighted by Crippen LogP contribution is 2.52. The molecule has 0 unspecified atom stereocenters. The fourth-order valence-electron chi connectivity index (χ4n) is 5.04. The maximum Gasteiger partial charge on any atom is 0.312 e. The third-order valence-electron chi connectivity index (χ3n) is 6.18. The van der Waals surface area contributed by atoms with Crippen LogP contribution in [0.15, 0.2) is 36.4 Å². The Kier molecular flexibility index (Phi) is 4.29. The van der Waals surface area contributed by atoms with E-state index >= 15 is 0 Å². The number of benzene rings is 1. The highest BCUT2D eigenvalue weighted by atomic mass is 16.4. The van der Waals surface area contributed by atoms with E-state index in [0.717, 1.165) is 24.1 Å². The molecule has 2 fully saturated rings. The lowest BCUT2D eigenvalue weighted by Crippen LogP contribution is -2.46. The molecule has 1 amide bonds. The Morgan fingerprint density at radius 2 is 2.00 bits per heavy atom. The first-order valence-electron chi connectivity index (χ1n) is 9.60. The van der Waals surface area contributed by atoms with Gasteiger partial charge in [0.1, 0.15) is 5.69 Å². The van der Waals surface area contributed by atoms with Crippen LogP contribution in [0.25, 0.3) is 0 Å². The molecule has 3 heterocycles.